The number of carbonyl (C=O) groups excluding carboxylic acids is 1. The SMILES string of the molecule is C=CCN(CCO)C(=O)NCc1nc(C)c(C(=O)O)s1. The normalized spacial score (nSPS) is 10.1. The Morgan fingerprint density at radius 2 is 2.25 bits per heavy atom. The van der Waals surface area contributed by atoms with E-state index in [1.165, 1.54) is 4.90 Å². The Labute approximate surface area is 120 Å². The molecule has 110 valence electrons. The van der Waals surface area contributed by atoms with Gasteiger partial charge in [-0.25, -0.2) is 14.6 Å². The van der Waals surface area contributed by atoms with Crippen LogP contribution in [0.3, 0.4) is 0 Å². The summed E-state index contributed by atoms with van der Waals surface area (Å²) in [5.41, 5.74) is 0.435. The number of aliphatic hydroxyl groups is 1. The lowest BCUT2D eigenvalue weighted by atomic mass is 10.4. The second-order valence-electron chi connectivity index (χ2n) is 3.94. The van der Waals surface area contributed by atoms with Crippen LogP contribution in [0.15, 0.2) is 12.7 Å². The van der Waals surface area contributed by atoms with Crippen LogP contribution in [0.25, 0.3) is 0 Å². The Kier molecular flexibility index (Phi) is 6.13. The number of amides is 2. The molecule has 0 aliphatic rings. The average molecular weight is 299 g/mol. The molecule has 1 heterocycles. The molecule has 7 nitrogen and oxygen atoms in total. The Morgan fingerprint density at radius 1 is 1.55 bits per heavy atom. The number of urea groups is 1. The molecule has 0 aromatic carbocycles. The first-order valence-electron chi connectivity index (χ1n) is 5.93. The standard InChI is InChI=1S/C12H17N3O4S/c1-3-4-15(5-6-16)12(19)13-7-9-14-8(2)10(20-9)11(17)18/h3,16H,1,4-7H2,2H3,(H,13,19)(H,17,18). The zero-order valence-corrected chi connectivity index (χ0v) is 11.9. The lowest BCUT2D eigenvalue weighted by Crippen LogP contribution is -2.41. The van der Waals surface area contributed by atoms with E-state index in [0.29, 0.717) is 17.2 Å². The maximum atomic E-state index is 11.8. The second kappa shape index (κ2) is 7.61. The minimum atomic E-state index is -1.02. The topological polar surface area (TPSA) is 103 Å². The second-order valence-corrected chi connectivity index (χ2v) is 5.03. The number of aliphatic hydroxyl groups excluding tert-OH is 1. The molecule has 8 heteroatoms. The van der Waals surface area contributed by atoms with Gasteiger partial charge in [-0.05, 0) is 6.92 Å². The minimum Gasteiger partial charge on any atom is -0.477 e. The van der Waals surface area contributed by atoms with Gasteiger partial charge >= 0.3 is 12.0 Å². The molecule has 1 aromatic rings. The van der Waals surface area contributed by atoms with Gasteiger partial charge in [0.2, 0.25) is 0 Å². The number of nitrogens with one attached hydrogen (secondary N) is 1. The Balaban J connectivity index is 2.61. The van der Waals surface area contributed by atoms with E-state index in [1.807, 2.05) is 0 Å². The van der Waals surface area contributed by atoms with Crippen molar-refractivity contribution < 1.29 is 19.8 Å². The van der Waals surface area contributed by atoms with Crippen molar-refractivity contribution in [3.63, 3.8) is 0 Å². The molecule has 0 aliphatic carbocycles. The van der Waals surface area contributed by atoms with E-state index in [9.17, 15) is 9.59 Å². The molecular formula is C12H17N3O4S. The van der Waals surface area contributed by atoms with E-state index in [1.54, 1.807) is 13.0 Å². The molecule has 0 radical (unpaired) electrons. The molecule has 0 saturated carbocycles. The average Bonchev–Trinajstić information content (AvgIpc) is 2.77. The molecule has 0 aliphatic heterocycles. The number of aromatic nitrogens is 1. The summed E-state index contributed by atoms with van der Waals surface area (Å²) in [6.45, 7) is 5.69. The van der Waals surface area contributed by atoms with Crippen molar-refractivity contribution in [3.8, 4) is 0 Å². The van der Waals surface area contributed by atoms with Gasteiger partial charge in [0.15, 0.2) is 0 Å². The van der Waals surface area contributed by atoms with E-state index in [-0.39, 0.29) is 30.6 Å². The molecule has 20 heavy (non-hydrogen) atoms. The van der Waals surface area contributed by atoms with Crippen molar-refractivity contribution in [2.75, 3.05) is 19.7 Å². The number of carbonyl (C=O) groups is 2. The van der Waals surface area contributed by atoms with Crippen LogP contribution >= 0.6 is 11.3 Å². The summed E-state index contributed by atoms with van der Waals surface area (Å²) >= 11 is 1.03. The Bertz CT molecular complexity index is 501. The van der Waals surface area contributed by atoms with Crippen LogP contribution in [0, 0.1) is 6.92 Å². The molecule has 1 rings (SSSR count). The minimum absolute atomic E-state index is 0.138. The molecule has 0 spiro atoms. The fourth-order valence-electron chi connectivity index (χ4n) is 1.54. The Morgan fingerprint density at radius 3 is 2.75 bits per heavy atom. The van der Waals surface area contributed by atoms with Crippen molar-refractivity contribution in [2.24, 2.45) is 0 Å². The van der Waals surface area contributed by atoms with Gasteiger partial charge in [0.1, 0.15) is 9.88 Å². The summed E-state index contributed by atoms with van der Waals surface area (Å²) in [7, 11) is 0. The number of aryl methyl sites for hydroxylation is 1. The molecule has 0 saturated heterocycles. The van der Waals surface area contributed by atoms with E-state index in [0.717, 1.165) is 11.3 Å². The number of hydrogen-bond acceptors (Lipinski definition) is 5. The molecule has 0 atom stereocenters. The first kappa shape index (κ1) is 16.1. The quantitative estimate of drug-likeness (QED) is 0.647. The van der Waals surface area contributed by atoms with E-state index in [2.05, 4.69) is 16.9 Å². The summed E-state index contributed by atoms with van der Waals surface area (Å²) in [4.78, 5) is 28.4. The van der Waals surface area contributed by atoms with Gasteiger partial charge in [0, 0.05) is 13.1 Å². The van der Waals surface area contributed by atoms with Crippen molar-refractivity contribution in [3.05, 3.63) is 28.2 Å². The summed E-state index contributed by atoms with van der Waals surface area (Å²) in [5.74, 6) is -1.02. The predicted octanol–water partition coefficient (Wildman–Crippen LogP) is 0.840. The molecule has 0 bridgehead atoms. The third kappa shape index (κ3) is 4.32. The van der Waals surface area contributed by atoms with Crippen molar-refractivity contribution in [1.82, 2.24) is 15.2 Å². The fraction of sp³-hybridized carbons (Fsp3) is 0.417. The number of carboxylic acids is 1. The maximum Gasteiger partial charge on any atom is 0.347 e. The third-order valence-electron chi connectivity index (χ3n) is 2.43. The summed E-state index contributed by atoms with van der Waals surface area (Å²) in [6.07, 6.45) is 1.56. The van der Waals surface area contributed by atoms with E-state index < -0.39 is 5.97 Å². The first-order chi connectivity index (χ1) is 9.49. The van der Waals surface area contributed by atoms with Crippen LogP contribution in [0.4, 0.5) is 4.79 Å². The highest BCUT2D eigenvalue weighted by Gasteiger charge is 2.15. The molecule has 2 amide bonds. The Hall–Kier alpha value is -1.93. The van der Waals surface area contributed by atoms with Gasteiger partial charge < -0.3 is 20.4 Å². The first-order valence-corrected chi connectivity index (χ1v) is 6.75. The van der Waals surface area contributed by atoms with Crippen LogP contribution in [0.1, 0.15) is 20.4 Å². The van der Waals surface area contributed by atoms with Crippen molar-refractivity contribution in [1.29, 1.82) is 0 Å². The number of carboxylic acid groups (broad SMARTS) is 1. The van der Waals surface area contributed by atoms with Crippen LogP contribution in [0.5, 0.6) is 0 Å². The lowest BCUT2D eigenvalue weighted by Gasteiger charge is -2.20. The van der Waals surface area contributed by atoms with Crippen molar-refractivity contribution >= 4 is 23.3 Å². The fourth-order valence-corrected chi connectivity index (χ4v) is 2.38. The van der Waals surface area contributed by atoms with Crippen LogP contribution in [0.2, 0.25) is 0 Å². The van der Waals surface area contributed by atoms with Gasteiger partial charge in [-0.2, -0.15) is 0 Å². The number of rotatable bonds is 7. The molecule has 0 fully saturated rings. The van der Waals surface area contributed by atoms with Gasteiger partial charge in [-0.3, -0.25) is 0 Å². The smallest absolute Gasteiger partial charge is 0.347 e. The summed E-state index contributed by atoms with van der Waals surface area (Å²) in [5, 5.41) is 20.9. The highest BCUT2D eigenvalue weighted by Crippen LogP contribution is 2.17. The molecule has 3 N–H and O–H groups in total. The van der Waals surface area contributed by atoms with Gasteiger partial charge in [0.25, 0.3) is 0 Å². The lowest BCUT2D eigenvalue weighted by molar-refractivity contribution is 0.0701. The van der Waals surface area contributed by atoms with Gasteiger partial charge in [0.05, 0.1) is 18.8 Å². The van der Waals surface area contributed by atoms with Crippen LogP contribution in [-0.2, 0) is 6.54 Å². The van der Waals surface area contributed by atoms with Crippen LogP contribution < -0.4 is 5.32 Å². The van der Waals surface area contributed by atoms with E-state index in [4.69, 9.17) is 10.2 Å². The number of nitrogens with zero attached hydrogens (tertiary/aromatic N) is 2. The van der Waals surface area contributed by atoms with Gasteiger partial charge in [-0.15, -0.1) is 17.9 Å². The van der Waals surface area contributed by atoms with Crippen molar-refractivity contribution in [2.45, 2.75) is 13.5 Å². The zero-order valence-electron chi connectivity index (χ0n) is 11.1. The third-order valence-corrected chi connectivity index (χ3v) is 3.58. The highest BCUT2D eigenvalue weighted by atomic mass is 32.1. The monoisotopic (exact) mass is 299 g/mol. The number of aromatic carboxylic acids is 1. The molecule has 1 aromatic heterocycles. The number of hydrogen-bond donors (Lipinski definition) is 3. The summed E-state index contributed by atoms with van der Waals surface area (Å²) < 4.78 is 0. The van der Waals surface area contributed by atoms with Crippen LogP contribution in [-0.4, -0.2) is 51.8 Å². The predicted molar refractivity (Wildman–Crippen MR) is 74.9 cm³/mol. The summed E-state index contributed by atoms with van der Waals surface area (Å²) in [6, 6.07) is -0.358. The molecule has 0 unspecified atom stereocenters. The highest BCUT2D eigenvalue weighted by molar-refractivity contribution is 7.13. The maximum absolute atomic E-state index is 11.8. The zero-order chi connectivity index (χ0) is 15.1. The molecular weight excluding hydrogens is 282 g/mol. The van der Waals surface area contributed by atoms with Gasteiger partial charge in [-0.1, -0.05) is 6.08 Å². The van der Waals surface area contributed by atoms with E-state index >= 15 is 0 Å². The number of thiazole rings is 1. The largest absolute Gasteiger partial charge is 0.477 e.